The van der Waals surface area contributed by atoms with Crippen LogP contribution in [0.15, 0.2) is 72.0 Å². The Morgan fingerprint density at radius 2 is 1.66 bits per heavy atom. The van der Waals surface area contributed by atoms with Crippen LogP contribution in [0.5, 0.6) is 0 Å². The predicted molar refractivity (Wildman–Crippen MR) is 138 cm³/mol. The molecule has 4 rings (SSSR count). The fourth-order valence-electron chi connectivity index (χ4n) is 3.89. The number of aliphatic imine (C=N–C) groups is 1. The molecule has 2 heterocycles. The molecule has 9 heteroatoms. The van der Waals surface area contributed by atoms with Gasteiger partial charge < -0.3 is 10.8 Å². The lowest BCUT2D eigenvalue weighted by atomic mass is 9.82. The largest absolute Gasteiger partial charge is 0.481 e. The van der Waals surface area contributed by atoms with Crippen LogP contribution in [0, 0.1) is 5.82 Å². The summed E-state index contributed by atoms with van der Waals surface area (Å²) in [6.07, 6.45) is 2.76. The highest BCUT2D eigenvalue weighted by Gasteiger charge is 2.49. The van der Waals surface area contributed by atoms with E-state index in [0.717, 1.165) is 24.2 Å². The van der Waals surface area contributed by atoms with Gasteiger partial charge in [-0.3, -0.25) is 19.5 Å². The third-order valence-corrected chi connectivity index (χ3v) is 7.79. The number of hydrogen-bond donors (Lipinski definition) is 2. The van der Waals surface area contributed by atoms with Crippen molar-refractivity contribution in [2.75, 3.05) is 7.05 Å². The van der Waals surface area contributed by atoms with E-state index in [2.05, 4.69) is 41.8 Å². The van der Waals surface area contributed by atoms with Gasteiger partial charge in [-0.05, 0) is 28.8 Å². The van der Waals surface area contributed by atoms with Crippen molar-refractivity contribution in [2.45, 2.75) is 32.1 Å². The van der Waals surface area contributed by atoms with E-state index in [9.17, 15) is 9.18 Å². The molecule has 0 bridgehead atoms. The van der Waals surface area contributed by atoms with Crippen LogP contribution >= 0.6 is 0 Å². The number of carboxylic acids is 1. The molecule has 1 aliphatic rings. The summed E-state index contributed by atoms with van der Waals surface area (Å²) < 4.78 is 13.7. The maximum atomic E-state index is 13.7. The topological polar surface area (TPSA) is 109 Å². The van der Waals surface area contributed by atoms with E-state index in [1.807, 2.05) is 36.4 Å². The number of pyridine rings is 1. The van der Waals surface area contributed by atoms with Gasteiger partial charge in [0.15, 0.2) is 11.5 Å². The second-order valence-corrected chi connectivity index (χ2v) is 14.4. The number of halogens is 1. The number of nitrogens with two attached hydrogens (primary N) is 1. The SMILES string of the molecule is CC(=O)O.CN1C(=O)C(c2ccc([Si](C)(C)C)cc2)(c2cccc(-c3cncc(F)c3)c2)N=C1N. The minimum Gasteiger partial charge on any atom is -0.481 e. The van der Waals surface area contributed by atoms with Crippen LogP contribution in [0.25, 0.3) is 11.1 Å². The monoisotopic (exact) mass is 492 g/mol. The van der Waals surface area contributed by atoms with Crippen molar-refractivity contribution in [1.82, 2.24) is 9.88 Å². The molecule has 3 N–H and O–H groups in total. The lowest BCUT2D eigenvalue weighted by Crippen LogP contribution is -2.42. The first-order chi connectivity index (χ1) is 16.4. The molecule has 1 aliphatic heterocycles. The molecule has 2 aromatic carbocycles. The highest BCUT2D eigenvalue weighted by atomic mass is 28.3. The number of carboxylic acid groups (broad SMARTS) is 1. The molecule has 0 saturated heterocycles. The molecule has 0 saturated carbocycles. The second-order valence-electron chi connectivity index (χ2n) is 9.36. The fraction of sp³-hybridized carbons (Fsp3) is 0.231. The number of rotatable bonds is 4. The third-order valence-electron chi connectivity index (χ3n) is 5.73. The van der Waals surface area contributed by atoms with E-state index in [-0.39, 0.29) is 11.9 Å². The van der Waals surface area contributed by atoms with Crippen LogP contribution in [0.3, 0.4) is 0 Å². The normalized spacial score (nSPS) is 17.5. The zero-order chi connectivity index (χ0) is 26.0. The molecular formula is C26H29FN4O3Si. The van der Waals surface area contributed by atoms with Gasteiger partial charge in [0.05, 0.1) is 14.3 Å². The Balaban J connectivity index is 0.000000795. The van der Waals surface area contributed by atoms with Crippen LogP contribution < -0.4 is 10.9 Å². The summed E-state index contributed by atoms with van der Waals surface area (Å²) in [5.74, 6) is -1.31. The number of hydrogen-bond acceptors (Lipinski definition) is 5. The van der Waals surface area contributed by atoms with Gasteiger partial charge in [-0.2, -0.15) is 0 Å². The van der Waals surface area contributed by atoms with Crippen molar-refractivity contribution in [3.8, 4) is 11.1 Å². The van der Waals surface area contributed by atoms with E-state index in [4.69, 9.17) is 15.6 Å². The van der Waals surface area contributed by atoms with Gasteiger partial charge in [-0.25, -0.2) is 9.38 Å². The summed E-state index contributed by atoms with van der Waals surface area (Å²) in [6.45, 7) is 7.91. The van der Waals surface area contributed by atoms with Gasteiger partial charge in [0.2, 0.25) is 0 Å². The Kier molecular flexibility index (Phi) is 7.21. The molecule has 1 aromatic heterocycles. The molecule has 1 atom stereocenters. The number of aliphatic carboxylic acids is 1. The first-order valence-electron chi connectivity index (χ1n) is 11.0. The minimum atomic E-state index is -1.50. The highest BCUT2D eigenvalue weighted by Crippen LogP contribution is 2.40. The number of likely N-dealkylation sites (N-methyl/N-ethyl adjacent to an activating group) is 1. The van der Waals surface area contributed by atoms with Gasteiger partial charge in [-0.15, -0.1) is 0 Å². The molecule has 0 aliphatic carbocycles. The number of aromatic nitrogens is 1. The molecule has 3 aromatic rings. The number of benzene rings is 2. The number of guanidine groups is 1. The lowest BCUT2D eigenvalue weighted by Gasteiger charge is -2.27. The van der Waals surface area contributed by atoms with Crippen molar-refractivity contribution in [2.24, 2.45) is 10.7 Å². The van der Waals surface area contributed by atoms with Gasteiger partial charge in [0.25, 0.3) is 11.9 Å². The lowest BCUT2D eigenvalue weighted by molar-refractivity contribution is -0.134. The van der Waals surface area contributed by atoms with Crippen molar-refractivity contribution in [3.63, 3.8) is 0 Å². The van der Waals surface area contributed by atoms with Gasteiger partial charge in [0, 0.05) is 25.7 Å². The average Bonchev–Trinajstić information content (AvgIpc) is 3.03. The standard InChI is InChI=1S/C24H25FN4OSi.C2H4O2/c1-29-22(30)24(28-23(29)26,18-8-10-21(11-9-18)31(2,3)4)19-7-5-6-16(12-19)17-13-20(25)15-27-14-17;1-2(3)4/h5-15H,1-4H3,(H2,26,28);1H3,(H,3,4). The highest BCUT2D eigenvalue weighted by molar-refractivity contribution is 6.88. The molecule has 0 spiro atoms. The predicted octanol–water partition coefficient (Wildman–Crippen LogP) is 3.55. The number of carbonyl (C=O) groups excluding carboxylic acids is 1. The number of carbonyl (C=O) groups is 2. The molecule has 0 radical (unpaired) electrons. The maximum absolute atomic E-state index is 13.7. The Morgan fingerprint density at radius 3 is 2.17 bits per heavy atom. The summed E-state index contributed by atoms with van der Waals surface area (Å²) in [7, 11) is 0.125. The molecule has 0 fully saturated rings. The first kappa shape index (κ1) is 25.8. The maximum Gasteiger partial charge on any atom is 0.300 e. The van der Waals surface area contributed by atoms with E-state index < -0.39 is 25.4 Å². The summed E-state index contributed by atoms with van der Waals surface area (Å²) in [5.41, 5.74) is 7.61. The van der Waals surface area contributed by atoms with Gasteiger partial charge in [0.1, 0.15) is 5.82 Å². The molecule has 7 nitrogen and oxygen atoms in total. The van der Waals surface area contributed by atoms with Crippen molar-refractivity contribution in [3.05, 3.63) is 83.9 Å². The Morgan fingerprint density at radius 1 is 1.03 bits per heavy atom. The first-order valence-corrected chi connectivity index (χ1v) is 14.5. The summed E-state index contributed by atoms with van der Waals surface area (Å²) in [4.78, 5) is 32.5. The Labute approximate surface area is 205 Å². The summed E-state index contributed by atoms with van der Waals surface area (Å²) in [6, 6.07) is 16.9. The molecule has 1 unspecified atom stereocenters. The van der Waals surface area contributed by atoms with Gasteiger partial charge in [-0.1, -0.05) is 67.3 Å². The molecular weight excluding hydrogens is 463 g/mol. The Hall–Kier alpha value is -3.85. The smallest absolute Gasteiger partial charge is 0.300 e. The van der Waals surface area contributed by atoms with E-state index in [1.165, 1.54) is 16.2 Å². The van der Waals surface area contributed by atoms with Gasteiger partial charge >= 0.3 is 0 Å². The fourth-order valence-corrected chi connectivity index (χ4v) is 5.06. The number of nitrogens with zero attached hydrogens (tertiary/aromatic N) is 3. The van der Waals surface area contributed by atoms with Crippen LogP contribution in [-0.4, -0.2) is 47.9 Å². The minimum absolute atomic E-state index is 0.164. The Bertz CT molecular complexity index is 1280. The summed E-state index contributed by atoms with van der Waals surface area (Å²) >= 11 is 0. The van der Waals surface area contributed by atoms with Crippen molar-refractivity contribution in [1.29, 1.82) is 0 Å². The zero-order valence-electron chi connectivity index (χ0n) is 20.4. The molecule has 182 valence electrons. The average molecular weight is 493 g/mol. The van der Waals surface area contributed by atoms with E-state index >= 15 is 0 Å². The summed E-state index contributed by atoms with van der Waals surface area (Å²) in [5, 5.41) is 8.71. The molecule has 1 amide bonds. The second kappa shape index (κ2) is 9.79. The van der Waals surface area contributed by atoms with E-state index in [1.54, 1.807) is 13.2 Å². The third kappa shape index (κ3) is 5.30. The van der Waals surface area contributed by atoms with Crippen LogP contribution in [-0.2, 0) is 15.1 Å². The van der Waals surface area contributed by atoms with Crippen molar-refractivity contribution < 1.29 is 19.1 Å². The van der Waals surface area contributed by atoms with E-state index in [0.29, 0.717) is 11.1 Å². The van der Waals surface area contributed by atoms with Crippen LogP contribution in [0.2, 0.25) is 19.6 Å². The van der Waals surface area contributed by atoms with Crippen LogP contribution in [0.1, 0.15) is 18.1 Å². The van der Waals surface area contributed by atoms with Crippen LogP contribution in [0.4, 0.5) is 4.39 Å². The number of amides is 1. The quantitative estimate of drug-likeness (QED) is 0.542. The van der Waals surface area contributed by atoms with Crippen molar-refractivity contribution >= 4 is 31.1 Å². The molecule has 35 heavy (non-hydrogen) atoms. The zero-order valence-corrected chi connectivity index (χ0v) is 21.4.